The molecule has 1 heterocycles. The second kappa shape index (κ2) is 4.39. The van der Waals surface area contributed by atoms with Gasteiger partial charge in [0.25, 0.3) is 0 Å². The van der Waals surface area contributed by atoms with Crippen molar-refractivity contribution in [3.05, 3.63) is 41.9 Å². The van der Waals surface area contributed by atoms with Crippen LogP contribution in [0.15, 0.2) is 46.7 Å². The standard InChI is InChI=1S/C9H6ClN3S/c10-8-11-6-12-9(13-8)14-7-4-2-1-3-5-7/h1-6H. The summed E-state index contributed by atoms with van der Waals surface area (Å²) in [6.07, 6.45) is 1.40. The molecular weight excluding hydrogens is 218 g/mol. The molecule has 14 heavy (non-hydrogen) atoms. The quantitative estimate of drug-likeness (QED) is 0.785. The van der Waals surface area contributed by atoms with E-state index in [9.17, 15) is 0 Å². The Hall–Kier alpha value is -1.13. The second-order valence-corrected chi connectivity index (χ2v) is 3.83. The number of hydrogen-bond donors (Lipinski definition) is 0. The Bertz CT molecular complexity index is 421. The van der Waals surface area contributed by atoms with Gasteiger partial charge in [-0.3, -0.25) is 0 Å². The molecule has 2 aromatic rings. The first-order valence-electron chi connectivity index (χ1n) is 3.92. The number of rotatable bonds is 2. The normalized spacial score (nSPS) is 10.1. The van der Waals surface area contributed by atoms with Crippen LogP contribution in [0.2, 0.25) is 5.28 Å². The molecule has 0 saturated carbocycles. The van der Waals surface area contributed by atoms with Crippen LogP contribution in [0.25, 0.3) is 0 Å². The molecule has 0 aliphatic rings. The largest absolute Gasteiger partial charge is 0.226 e. The maximum Gasteiger partial charge on any atom is 0.226 e. The lowest BCUT2D eigenvalue weighted by Crippen LogP contribution is -1.88. The van der Waals surface area contributed by atoms with Crippen molar-refractivity contribution in [2.75, 3.05) is 0 Å². The fourth-order valence-electron chi connectivity index (χ4n) is 0.906. The highest BCUT2D eigenvalue weighted by molar-refractivity contribution is 7.99. The van der Waals surface area contributed by atoms with Gasteiger partial charge < -0.3 is 0 Å². The number of halogens is 1. The molecule has 3 nitrogen and oxygen atoms in total. The summed E-state index contributed by atoms with van der Waals surface area (Å²) in [5.41, 5.74) is 0. The average molecular weight is 224 g/mol. The molecule has 2 rings (SSSR count). The van der Waals surface area contributed by atoms with Gasteiger partial charge in [-0.15, -0.1) is 0 Å². The van der Waals surface area contributed by atoms with Crippen LogP contribution in [0.3, 0.4) is 0 Å². The van der Waals surface area contributed by atoms with E-state index in [1.54, 1.807) is 0 Å². The monoisotopic (exact) mass is 223 g/mol. The zero-order chi connectivity index (χ0) is 9.80. The van der Waals surface area contributed by atoms with Crippen molar-refractivity contribution < 1.29 is 0 Å². The molecule has 0 atom stereocenters. The summed E-state index contributed by atoms with van der Waals surface area (Å²) in [5, 5.41) is 0.828. The van der Waals surface area contributed by atoms with E-state index in [0.29, 0.717) is 5.16 Å². The predicted octanol–water partition coefficient (Wildman–Crippen LogP) is 2.68. The van der Waals surface area contributed by atoms with Crippen LogP contribution in [0.1, 0.15) is 0 Å². The van der Waals surface area contributed by atoms with Crippen molar-refractivity contribution in [3.8, 4) is 0 Å². The van der Waals surface area contributed by atoms with Gasteiger partial charge in [0.2, 0.25) is 5.28 Å². The molecule has 0 saturated heterocycles. The minimum Gasteiger partial charge on any atom is -0.210 e. The van der Waals surface area contributed by atoms with Crippen molar-refractivity contribution >= 4 is 23.4 Å². The van der Waals surface area contributed by atoms with E-state index in [2.05, 4.69) is 15.0 Å². The van der Waals surface area contributed by atoms with Gasteiger partial charge in [0, 0.05) is 4.90 Å². The highest BCUT2D eigenvalue weighted by atomic mass is 35.5. The molecule has 0 radical (unpaired) electrons. The molecule has 0 bridgehead atoms. The summed E-state index contributed by atoms with van der Waals surface area (Å²) in [5.74, 6) is 0. The molecule has 5 heteroatoms. The van der Waals surface area contributed by atoms with E-state index in [4.69, 9.17) is 11.6 Å². The molecule has 0 N–H and O–H groups in total. The Balaban J connectivity index is 2.19. The third kappa shape index (κ3) is 2.43. The van der Waals surface area contributed by atoms with Crippen LogP contribution in [0, 0.1) is 0 Å². The SMILES string of the molecule is Clc1ncnc(Sc2ccccc2)n1. The smallest absolute Gasteiger partial charge is 0.210 e. The minimum atomic E-state index is 0.221. The number of benzene rings is 1. The third-order valence-corrected chi connectivity index (χ3v) is 2.54. The van der Waals surface area contributed by atoms with Crippen molar-refractivity contribution in [2.45, 2.75) is 10.1 Å². The fraction of sp³-hybridized carbons (Fsp3) is 0. The van der Waals surface area contributed by atoms with Gasteiger partial charge in [-0.1, -0.05) is 18.2 Å². The van der Waals surface area contributed by atoms with Crippen LogP contribution in [-0.2, 0) is 0 Å². The molecule has 1 aromatic carbocycles. The van der Waals surface area contributed by atoms with Gasteiger partial charge >= 0.3 is 0 Å². The van der Waals surface area contributed by atoms with Gasteiger partial charge in [-0.2, -0.15) is 4.98 Å². The molecule has 70 valence electrons. The summed E-state index contributed by atoms with van der Waals surface area (Å²) in [6, 6.07) is 9.87. The highest BCUT2D eigenvalue weighted by Crippen LogP contribution is 2.23. The van der Waals surface area contributed by atoms with Crippen LogP contribution < -0.4 is 0 Å². The summed E-state index contributed by atoms with van der Waals surface area (Å²) < 4.78 is 0. The Morgan fingerprint density at radius 2 is 1.86 bits per heavy atom. The lowest BCUT2D eigenvalue weighted by Gasteiger charge is -1.98. The molecular formula is C9H6ClN3S. The number of hydrogen-bond acceptors (Lipinski definition) is 4. The van der Waals surface area contributed by atoms with Gasteiger partial charge in [0.1, 0.15) is 6.33 Å². The first kappa shape index (κ1) is 9.43. The Kier molecular flexibility index (Phi) is 2.96. The highest BCUT2D eigenvalue weighted by Gasteiger charge is 2.00. The van der Waals surface area contributed by atoms with Crippen LogP contribution in [-0.4, -0.2) is 15.0 Å². The Morgan fingerprint density at radius 1 is 1.07 bits per heavy atom. The molecule has 0 unspecified atom stereocenters. The lowest BCUT2D eigenvalue weighted by atomic mass is 10.4. The third-order valence-electron chi connectivity index (χ3n) is 1.47. The van der Waals surface area contributed by atoms with Crippen LogP contribution in [0.5, 0.6) is 0 Å². The van der Waals surface area contributed by atoms with Crippen molar-refractivity contribution in [1.29, 1.82) is 0 Å². The first-order valence-corrected chi connectivity index (χ1v) is 5.11. The molecule has 1 aromatic heterocycles. The van der Waals surface area contributed by atoms with Gasteiger partial charge in [-0.05, 0) is 35.5 Å². The number of aromatic nitrogens is 3. The van der Waals surface area contributed by atoms with E-state index in [1.807, 2.05) is 30.3 Å². The summed E-state index contributed by atoms with van der Waals surface area (Å²) in [6.45, 7) is 0. The van der Waals surface area contributed by atoms with E-state index in [0.717, 1.165) is 4.90 Å². The number of nitrogens with zero attached hydrogens (tertiary/aromatic N) is 3. The maximum absolute atomic E-state index is 5.64. The maximum atomic E-state index is 5.64. The minimum absolute atomic E-state index is 0.221. The first-order chi connectivity index (χ1) is 6.84. The van der Waals surface area contributed by atoms with Gasteiger partial charge in [0.15, 0.2) is 5.16 Å². The van der Waals surface area contributed by atoms with Crippen LogP contribution in [0.4, 0.5) is 0 Å². The topological polar surface area (TPSA) is 38.7 Å². The van der Waals surface area contributed by atoms with E-state index < -0.39 is 0 Å². The second-order valence-electron chi connectivity index (χ2n) is 2.45. The Morgan fingerprint density at radius 3 is 2.57 bits per heavy atom. The van der Waals surface area contributed by atoms with Gasteiger partial charge in [-0.25, -0.2) is 9.97 Å². The predicted molar refractivity (Wildman–Crippen MR) is 55.4 cm³/mol. The van der Waals surface area contributed by atoms with E-state index >= 15 is 0 Å². The molecule has 0 aliphatic carbocycles. The summed E-state index contributed by atoms with van der Waals surface area (Å²) in [7, 11) is 0. The average Bonchev–Trinajstić information content (AvgIpc) is 2.19. The van der Waals surface area contributed by atoms with Crippen molar-refractivity contribution in [1.82, 2.24) is 15.0 Å². The zero-order valence-electron chi connectivity index (χ0n) is 7.09. The molecule has 0 amide bonds. The Labute approximate surface area is 90.6 Å². The summed E-state index contributed by atoms with van der Waals surface area (Å²) in [4.78, 5) is 12.8. The lowest BCUT2D eigenvalue weighted by molar-refractivity contribution is 0.903. The van der Waals surface area contributed by atoms with Crippen LogP contribution >= 0.6 is 23.4 Å². The fourth-order valence-corrected chi connectivity index (χ4v) is 1.82. The zero-order valence-corrected chi connectivity index (χ0v) is 8.66. The van der Waals surface area contributed by atoms with E-state index in [-0.39, 0.29) is 5.28 Å². The molecule has 0 aliphatic heterocycles. The molecule has 0 fully saturated rings. The summed E-state index contributed by atoms with van der Waals surface area (Å²) >= 11 is 7.09. The van der Waals surface area contributed by atoms with Gasteiger partial charge in [0.05, 0.1) is 0 Å². The van der Waals surface area contributed by atoms with Crippen molar-refractivity contribution in [3.63, 3.8) is 0 Å². The van der Waals surface area contributed by atoms with Crippen molar-refractivity contribution in [2.24, 2.45) is 0 Å². The van der Waals surface area contributed by atoms with E-state index in [1.165, 1.54) is 18.1 Å². The molecule has 0 spiro atoms.